The maximum Gasteiger partial charge on any atom is 0.253 e. The molecule has 0 N–H and O–H groups in total. The van der Waals surface area contributed by atoms with Crippen molar-refractivity contribution in [1.82, 2.24) is 4.90 Å². The Morgan fingerprint density at radius 3 is 2.74 bits per heavy atom. The smallest absolute Gasteiger partial charge is 0.253 e. The van der Waals surface area contributed by atoms with Gasteiger partial charge in [0, 0.05) is 24.0 Å². The summed E-state index contributed by atoms with van der Waals surface area (Å²) in [6.07, 6.45) is 2.20. The van der Waals surface area contributed by atoms with Crippen LogP contribution in [0.25, 0.3) is 0 Å². The van der Waals surface area contributed by atoms with E-state index in [0.29, 0.717) is 13.2 Å². The number of amides is 1. The van der Waals surface area contributed by atoms with Gasteiger partial charge in [0.2, 0.25) is 0 Å². The topological polar surface area (TPSA) is 29.5 Å². The fourth-order valence-corrected chi connectivity index (χ4v) is 3.43. The lowest BCUT2D eigenvalue weighted by Gasteiger charge is -2.31. The molecule has 0 saturated carbocycles. The summed E-state index contributed by atoms with van der Waals surface area (Å²) in [5, 5.41) is 1.05. The van der Waals surface area contributed by atoms with E-state index in [0.717, 1.165) is 42.7 Å². The Bertz CT molecular complexity index is 481. The lowest BCUT2D eigenvalue weighted by molar-refractivity contribution is 0.0699. The fraction of sp³-hybridized carbons (Fsp3) is 0.533. The van der Waals surface area contributed by atoms with E-state index in [1.807, 2.05) is 23.1 Å². The SMILES string of the molecule is O=C(c1ccc2c(c1)COC2)N1CCC(CBr)CC1. The minimum atomic E-state index is 0.169. The van der Waals surface area contributed by atoms with Gasteiger partial charge in [-0.05, 0) is 42.0 Å². The number of benzene rings is 1. The first-order valence-corrected chi connectivity index (χ1v) is 7.95. The molecule has 0 aliphatic carbocycles. The molecule has 0 aromatic heterocycles. The first-order valence-electron chi connectivity index (χ1n) is 6.82. The molecular weight excluding hydrogens is 306 g/mol. The van der Waals surface area contributed by atoms with Crippen LogP contribution in [-0.2, 0) is 18.0 Å². The summed E-state index contributed by atoms with van der Waals surface area (Å²) in [6, 6.07) is 5.97. The number of halogens is 1. The van der Waals surface area contributed by atoms with Crippen LogP contribution in [0.2, 0.25) is 0 Å². The van der Waals surface area contributed by atoms with E-state index >= 15 is 0 Å². The van der Waals surface area contributed by atoms with Gasteiger partial charge in [-0.3, -0.25) is 4.79 Å². The van der Waals surface area contributed by atoms with Crippen LogP contribution in [0, 0.1) is 5.92 Å². The van der Waals surface area contributed by atoms with Crippen molar-refractivity contribution in [2.24, 2.45) is 5.92 Å². The molecule has 0 spiro atoms. The zero-order valence-electron chi connectivity index (χ0n) is 10.9. The van der Waals surface area contributed by atoms with E-state index in [1.165, 1.54) is 11.1 Å². The van der Waals surface area contributed by atoms with Crippen LogP contribution in [0.4, 0.5) is 0 Å². The number of fused-ring (bicyclic) bond motifs is 1. The summed E-state index contributed by atoms with van der Waals surface area (Å²) in [5.41, 5.74) is 3.19. The molecule has 2 aliphatic rings. The van der Waals surface area contributed by atoms with E-state index in [-0.39, 0.29) is 5.91 Å². The normalized spacial score (nSPS) is 19.5. The van der Waals surface area contributed by atoms with Crippen molar-refractivity contribution in [3.63, 3.8) is 0 Å². The van der Waals surface area contributed by atoms with Gasteiger partial charge >= 0.3 is 0 Å². The Morgan fingerprint density at radius 1 is 1.26 bits per heavy atom. The second-order valence-electron chi connectivity index (χ2n) is 5.37. The van der Waals surface area contributed by atoms with Crippen molar-refractivity contribution in [1.29, 1.82) is 0 Å². The number of piperidine rings is 1. The largest absolute Gasteiger partial charge is 0.372 e. The van der Waals surface area contributed by atoms with Crippen LogP contribution < -0.4 is 0 Å². The van der Waals surface area contributed by atoms with Crippen LogP contribution in [0.1, 0.15) is 34.3 Å². The van der Waals surface area contributed by atoms with E-state index in [9.17, 15) is 4.79 Å². The molecule has 1 amide bonds. The van der Waals surface area contributed by atoms with Gasteiger partial charge in [0.15, 0.2) is 0 Å². The summed E-state index contributed by atoms with van der Waals surface area (Å²) >= 11 is 3.53. The lowest BCUT2D eigenvalue weighted by atomic mass is 9.98. The molecule has 2 heterocycles. The third-order valence-corrected chi connectivity index (χ3v) is 5.00. The molecule has 1 fully saturated rings. The Balaban J connectivity index is 1.70. The summed E-state index contributed by atoms with van der Waals surface area (Å²) in [6.45, 7) is 3.08. The van der Waals surface area contributed by atoms with Crippen LogP contribution in [-0.4, -0.2) is 29.2 Å². The second-order valence-corrected chi connectivity index (χ2v) is 6.01. The number of hydrogen-bond donors (Lipinski definition) is 0. The number of carbonyl (C=O) groups excluding carboxylic acids is 1. The predicted octanol–water partition coefficient (Wildman–Crippen LogP) is 2.96. The van der Waals surface area contributed by atoms with Gasteiger partial charge in [0.1, 0.15) is 0 Å². The molecule has 3 nitrogen and oxygen atoms in total. The van der Waals surface area contributed by atoms with Gasteiger partial charge in [0.05, 0.1) is 13.2 Å². The minimum Gasteiger partial charge on any atom is -0.372 e. The van der Waals surface area contributed by atoms with Crippen LogP contribution >= 0.6 is 15.9 Å². The van der Waals surface area contributed by atoms with Crippen LogP contribution in [0.15, 0.2) is 18.2 Å². The number of ether oxygens (including phenoxy) is 1. The molecule has 1 aromatic rings. The highest BCUT2D eigenvalue weighted by atomic mass is 79.9. The van der Waals surface area contributed by atoms with Gasteiger partial charge in [-0.1, -0.05) is 22.0 Å². The third kappa shape index (κ3) is 2.70. The Hall–Kier alpha value is -0.870. The lowest BCUT2D eigenvalue weighted by Crippen LogP contribution is -2.38. The molecule has 3 rings (SSSR count). The molecule has 19 heavy (non-hydrogen) atoms. The quantitative estimate of drug-likeness (QED) is 0.783. The van der Waals surface area contributed by atoms with Crippen molar-refractivity contribution in [2.45, 2.75) is 26.1 Å². The van der Waals surface area contributed by atoms with Gasteiger partial charge in [0.25, 0.3) is 5.91 Å². The summed E-state index contributed by atoms with van der Waals surface area (Å²) in [7, 11) is 0. The number of alkyl halides is 1. The highest BCUT2D eigenvalue weighted by Gasteiger charge is 2.24. The van der Waals surface area contributed by atoms with Gasteiger partial charge < -0.3 is 9.64 Å². The number of hydrogen-bond acceptors (Lipinski definition) is 2. The van der Waals surface area contributed by atoms with Crippen LogP contribution in [0.5, 0.6) is 0 Å². The number of carbonyl (C=O) groups is 1. The molecule has 0 unspecified atom stereocenters. The zero-order valence-corrected chi connectivity index (χ0v) is 12.5. The van der Waals surface area contributed by atoms with E-state index in [2.05, 4.69) is 15.9 Å². The maximum atomic E-state index is 12.5. The van der Waals surface area contributed by atoms with Crippen molar-refractivity contribution < 1.29 is 9.53 Å². The van der Waals surface area contributed by atoms with Crippen molar-refractivity contribution in [2.75, 3.05) is 18.4 Å². The van der Waals surface area contributed by atoms with Gasteiger partial charge in [-0.25, -0.2) is 0 Å². The molecule has 1 aromatic carbocycles. The molecule has 1 saturated heterocycles. The number of nitrogens with zero attached hydrogens (tertiary/aromatic N) is 1. The average Bonchev–Trinajstić information content (AvgIpc) is 2.94. The number of rotatable bonds is 2. The van der Waals surface area contributed by atoms with Gasteiger partial charge in [-0.15, -0.1) is 0 Å². The van der Waals surface area contributed by atoms with Crippen molar-refractivity contribution >= 4 is 21.8 Å². The Kier molecular flexibility index (Phi) is 3.89. The van der Waals surface area contributed by atoms with E-state index in [4.69, 9.17) is 4.74 Å². The molecule has 2 aliphatic heterocycles. The second kappa shape index (κ2) is 5.63. The average molecular weight is 324 g/mol. The third-order valence-electron chi connectivity index (χ3n) is 4.09. The molecule has 4 heteroatoms. The van der Waals surface area contributed by atoms with Crippen LogP contribution in [0.3, 0.4) is 0 Å². The first-order chi connectivity index (χ1) is 9.28. The number of likely N-dealkylation sites (tertiary alicyclic amines) is 1. The van der Waals surface area contributed by atoms with Crippen molar-refractivity contribution in [3.8, 4) is 0 Å². The Labute approximate surface area is 122 Å². The van der Waals surface area contributed by atoms with E-state index < -0.39 is 0 Å². The predicted molar refractivity (Wildman–Crippen MR) is 77.4 cm³/mol. The molecular formula is C15H18BrNO2. The molecule has 102 valence electrons. The van der Waals surface area contributed by atoms with Gasteiger partial charge in [-0.2, -0.15) is 0 Å². The molecule has 0 bridgehead atoms. The standard InChI is InChI=1S/C15H18BrNO2/c16-8-11-3-5-17(6-4-11)15(18)12-1-2-13-9-19-10-14(13)7-12/h1-2,7,11H,3-6,8-10H2. The molecule has 0 atom stereocenters. The minimum absolute atomic E-state index is 0.169. The molecule has 0 radical (unpaired) electrons. The summed E-state index contributed by atoms with van der Waals surface area (Å²) in [4.78, 5) is 14.5. The zero-order chi connectivity index (χ0) is 13.2. The monoisotopic (exact) mass is 323 g/mol. The fourth-order valence-electron chi connectivity index (χ4n) is 2.78. The highest BCUT2D eigenvalue weighted by Crippen LogP contribution is 2.24. The summed E-state index contributed by atoms with van der Waals surface area (Å²) in [5.74, 6) is 0.889. The Morgan fingerprint density at radius 2 is 2.00 bits per heavy atom. The first kappa shape index (κ1) is 13.1. The summed E-state index contributed by atoms with van der Waals surface area (Å²) < 4.78 is 5.39. The van der Waals surface area contributed by atoms with E-state index in [1.54, 1.807) is 0 Å². The van der Waals surface area contributed by atoms with Crippen molar-refractivity contribution in [3.05, 3.63) is 34.9 Å². The maximum absolute atomic E-state index is 12.5. The highest BCUT2D eigenvalue weighted by molar-refractivity contribution is 9.09.